The monoisotopic (exact) mass is 743 g/mol. The number of benzene rings is 2. The minimum atomic E-state index is -1.18. The number of aromatic nitrogens is 5. The number of methoxy groups -OCH3 is 1. The Bertz CT molecular complexity index is 2350. The number of nitrogens with zero attached hydrogens (tertiary/aromatic N) is 7. The third kappa shape index (κ3) is 6.92. The van der Waals surface area contributed by atoms with E-state index in [1.165, 1.54) is 22.2 Å². The number of ether oxygens (including phenoxy) is 1. The summed E-state index contributed by atoms with van der Waals surface area (Å²) in [5.74, 6) is 0.173. The molecular weight excluding hydrogens is 703 g/mol. The molecule has 8 rings (SSSR count). The molecule has 4 aromatic heterocycles. The van der Waals surface area contributed by atoms with E-state index in [1.54, 1.807) is 25.6 Å². The van der Waals surface area contributed by atoms with Gasteiger partial charge in [0.25, 0.3) is 11.5 Å². The zero-order valence-corrected chi connectivity index (χ0v) is 31.0. The lowest BCUT2D eigenvalue weighted by atomic mass is 9.79. The van der Waals surface area contributed by atoms with Crippen LogP contribution in [-0.2, 0) is 11.3 Å². The van der Waals surface area contributed by atoms with Gasteiger partial charge in [0.2, 0.25) is 5.91 Å². The van der Waals surface area contributed by atoms with E-state index in [4.69, 9.17) is 4.74 Å². The number of piperidine rings is 2. The van der Waals surface area contributed by atoms with Crippen LogP contribution in [-0.4, -0.2) is 89.7 Å². The largest absolute Gasteiger partial charge is 0.497 e. The molecule has 0 saturated carbocycles. The first-order valence-electron chi connectivity index (χ1n) is 18.1. The summed E-state index contributed by atoms with van der Waals surface area (Å²) in [6, 6.07) is 23.1. The molecule has 12 nitrogen and oxygen atoms in total. The van der Waals surface area contributed by atoms with Gasteiger partial charge in [0.1, 0.15) is 22.0 Å². The maximum Gasteiger partial charge on any atom is 0.265 e. The molecule has 276 valence electrons. The number of amides is 2. The van der Waals surface area contributed by atoms with Gasteiger partial charge in [-0.3, -0.25) is 23.9 Å². The van der Waals surface area contributed by atoms with E-state index in [9.17, 15) is 19.5 Å². The summed E-state index contributed by atoms with van der Waals surface area (Å²) in [4.78, 5) is 59.3. The van der Waals surface area contributed by atoms with Gasteiger partial charge in [-0.05, 0) is 74.2 Å². The van der Waals surface area contributed by atoms with Crippen LogP contribution in [0.2, 0.25) is 0 Å². The molecule has 54 heavy (non-hydrogen) atoms. The quantitative estimate of drug-likeness (QED) is 0.221. The fraction of sp³-hybridized carbons (Fsp3) is 0.317. The van der Waals surface area contributed by atoms with Crippen LogP contribution in [0.15, 0.2) is 103 Å². The third-order valence-electron chi connectivity index (χ3n) is 10.8. The molecule has 1 N–H and O–H groups in total. The minimum absolute atomic E-state index is 0.0325. The molecule has 2 aliphatic rings. The number of carbonyl (C=O) groups is 2. The standard InChI is InChI=1S/C41H41N7O5S/c1-27-8-9-29(22-42-27)37-43-23-35(54-37)40(51)46-18-14-32(34(24-46)28-6-4-3-5-7-28)38(49)45-20-16-41(52,17-21-45)25-47-26-44-36-33(39(47)50)15-19-48(36)30-10-12-31(53-2)13-11-30/h3-13,15,19,22-23,26,32,34,52H,14,16-18,20-21,24-25H2,1-2H3/t32-,34+/m1/s1. The topological polar surface area (TPSA) is 136 Å². The van der Waals surface area contributed by atoms with Gasteiger partial charge in [0.15, 0.2) is 5.65 Å². The van der Waals surface area contributed by atoms with Gasteiger partial charge >= 0.3 is 0 Å². The van der Waals surface area contributed by atoms with Crippen molar-refractivity contribution in [3.05, 3.63) is 124 Å². The molecule has 13 heteroatoms. The SMILES string of the molecule is COc1ccc(-n2ccc3c(=O)n(CC4(O)CCN(C(=O)[C@@H]5CCN(C(=O)c6cnc(-c7ccc(C)nc7)s6)C[C@H]5c5ccccc5)CC4)cnc32)cc1. The number of thiazole rings is 1. The lowest BCUT2D eigenvalue weighted by molar-refractivity contribution is -0.142. The Morgan fingerprint density at radius 2 is 1.70 bits per heavy atom. The predicted octanol–water partition coefficient (Wildman–Crippen LogP) is 5.32. The zero-order chi connectivity index (χ0) is 37.4. The molecule has 2 aliphatic heterocycles. The smallest absolute Gasteiger partial charge is 0.265 e. The van der Waals surface area contributed by atoms with E-state index in [0.717, 1.165) is 33.3 Å². The Balaban J connectivity index is 0.938. The molecule has 0 spiro atoms. The summed E-state index contributed by atoms with van der Waals surface area (Å²) in [6.45, 7) is 3.61. The number of pyridine rings is 1. The van der Waals surface area contributed by atoms with Gasteiger partial charge in [-0.1, -0.05) is 30.3 Å². The average Bonchev–Trinajstić information content (AvgIpc) is 3.88. The molecule has 0 bridgehead atoms. The highest BCUT2D eigenvalue weighted by Gasteiger charge is 2.42. The average molecular weight is 744 g/mol. The van der Waals surface area contributed by atoms with Crippen molar-refractivity contribution in [2.24, 2.45) is 5.92 Å². The molecule has 6 heterocycles. The van der Waals surface area contributed by atoms with E-state index in [1.807, 2.05) is 94.2 Å². The number of aliphatic hydroxyl groups is 1. The first kappa shape index (κ1) is 35.4. The molecule has 2 fully saturated rings. The van der Waals surface area contributed by atoms with Crippen molar-refractivity contribution >= 4 is 34.2 Å². The minimum Gasteiger partial charge on any atom is -0.497 e. The van der Waals surface area contributed by atoms with Crippen LogP contribution in [0.4, 0.5) is 0 Å². The molecule has 0 unspecified atom stereocenters. The van der Waals surface area contributed by atoms with Gasteiger partial charge in [0.05, 0.1) is 30.8 Å². The van der Waals surface area contributed by atoms with Gasteiger partial charge in [-0.25, -0.2) is 9.97 Å². The highest BCUT2D eigenvalue weighted by Crippen LogP contribution is 2.37. The predicted molar refractivity (Wildman–Crippen MR) is 206 cm³/mol. The van der Waals surface area contributed by atoms with Gasteiger partial charge in [-0.2, -0.15) is 0 Å². The van der Waals surface area contributed by atoms with Crippen LogP contribution in [0, 0.1) is 12.8 Å². The highest BCUT2D eigenvalue weighted by molar-refractivity contribution is 7.16. The molecule has 0 radical (unpaired) electrons. The van der Waals surface area contributed by atoms with E-state index >= 15 is 0 Å². The second-order valence-corrected chi connectivity index (χ2v) is 15.3. The van der Waals surface area contributed by atoms with Crippen molar-refractivity contribution in [2.45, 2.75) is 44.2 Å². The lowest BCUT2D eigenvalue weighted by Crippen LogP contribution is -2.53. The number of hydrogen-bond donors (Lipinski definition) is 1. The zero-order valence-electron chi connectivity index (χ0n) is 30.2. The molecule has 0 aliphatic carbocycles. The number of carbonyl (C=O) groups excluding carboxylic acids is 2. The summed E-state index contributed by atoms with van der Waals surface area (Å²) in [6.07, 6.45) is 7.88. The second kappa shape index (κ2) is 14.6. The Morgan fingerprint density at radius 3 is 2.43 bits per heavy atom. The number of aryl methyl sites for hydroxylation is 1. The fourth-order valence-corrected chi connectivity index (χ4v) is 8.57. The maximum atomic E-state index is 14.2. The first-order valence-corrected chi connectivity index (χ1v) is 19.0. The van der Waals surface area contributed by atoms with Crippen molar-refractivity contribution in [1.29, 1.82) is 0 Å². The highest BCUT2D eigenvalue weighted by atomic mass is 32.1. The summed E-state index contributed by atoms with van der Waals surface area (Å²) in [5, 5.41) is 12.9. The maximum absolute atomic E-state index is 14.2. The Kier molecular flexibility index (Phi) is 9.59. The third-order valence-corrected chi connectivity index (χ3v) is 11.8. The van der Waals surface area contributed by atoms with Crippen molar-refractivity contribution in [3.8, 4) is 22.0 Å². The molecule has 6 aromatic rings. The van der Waals surface area contributed by atoms with Crippen LogP contribution in [0.25, 0.3) is 27.3 Å². The van der Waals surface area contributed by atoms with Gasteiger partial charge in [0, 0.05) is 67.4 Å². The summed E-state index contributed by atoms with van der Waals surface area (Å²) in [5.41, 5.74) is 2.78. The molecular formula is C41H41N7O5S. The molecule has 2 amide bonds. The summed E-state index contributed by atoms with van der Waals surface area (Å²) in [7, 11) is 1.61. The van der Waals surface area contributed by atoms with Gasteiger partial charge in [-0.15, -0.1) is 11.3 Å². The van der Waals surface area contributed by atoms with Crippen LogP contribution >= 0.6 is 11.3 Å². The number of rotatable bonds is 8. The van der Waals surface area contributed by atoms with E-state index in [2.05, 4.69) is 15.0 Å². The van der Waals surface area contributed by atoms with Gasteiger partial charge < -0.3 is 24.2 Å². The number of hydrogen-bond acceptors (Lipinski definition) is 9. The van der Waals surface area contributed by atoms with Crippen molar-refractivity contribution in [3.63, 3.8) is 0 Å². The van der Waals surface area contributed by atoms with Crippen LogP contribution in [0.3, 0.4) is 0 Å². The van der Waals surface area contributed by atoms with Crippen molar-refractivity contribution in [2.75, 3.05) is 33.3 Å². The first-order chi connectivity index (χ1) is 26.2. The molecule has 2 aromatic carbocycles. The number of likely N-dealkylation sites (tertiary alicyclic amines) is 2. The Hall–Kier alpha value is -5.66. The normalized spacial score (nSPS) is 18.5. The molecule has 2 saturated heterocycles. The summed E-state index contributed by atoms with van der Waals surface area (Å²) >= 11 is 1.35. The van der Waals surface area contributed by atoms with Crippen LogP contribution in [0.5, 0.6) is 5.75 Å². The van der Waals surface area contributed by atoms with E-state index in [0.29, 0.717) is 61.4 Å². The van der Waals surface area contributed by atoms with E-state index < -0.39 is 5.60 Å². The second-order valence-electron chi connectivity index (χ2n) is 14.2. The van der Waals surface area contributed by atoms with E-state index in [-0.39, 0.29) is 35.8 Å². The Morgan fingerprint density at radius 1 is 0.926 bits per heavy atom. The molecule has 2 atom stereocenters. The fourth-order valence-electron chi connectivity index (χ4n) is 7.70. The lowest BCUT2D eigenvalue weighted by Gasteiger charge is -2.43. The Labute approximate surface area is 316 Å². The summed E-state index contributed by atoms with van der Waals surface area (Å²) < 4.78 is 8.59. The van der Waals surface area contributed by atoms with Crippen molar-refractivity contribution < 1.29 is 19.4 Å². The van der Waals surface area contributed by atoms with Crippen LogP contribution < -0.4 is 10.3 Å². The van der Waals surface area contributed by atoms with Crippen LogP contribution in [0.1, 0.15) is 46.1 Å². The number of fused-ring (bicyclic) bond motifs is 1. The van der Waals surface area contributed by atoms with Crippen molar-refractivity contribution in [1.82, 2.24) is 33.9 Å².